The number of allylic oxidation sites excluding steroid dienone is 1. The largest absolute Gasteiger partial charge is 0.489 e. The second kappa shape index (κ2) is 6.09. The summed E-state index contributed by atoms with van der Waals surface area (Å²) in [6, 6.07) is 7.59. The first kappa shape index (κ1) is 17.9. The average molecular weight is 366 g/mol. The summed E-state index contributed by atoms with van der Waals surface area (Å²) in [6.45, 7) is 1.51. The van der Waals surface area contributed by atoms with E-state index in [1.165, 1.54) is 12.1 Å². The van der Waals surface area contributed by atoms with Crippen molar-refractivity contribution in [1.29, 1.82) is 5.26 Å². The van der Waals surface area contributed by atoms with Gasteiger partial charge in [-0.15, -0.1) is 0 Å². The molecule has 0 bridgehead atoms. The maximum absolute atomic E-state index is 13.6. The van der Waals surface area contributed by atoms with Crippen molar-refractivity contribution in [3.05, 3.63) is 54.0 Å². The maximum atomic E-state index is 13.6. The molecule has 2 heterocycles. The van der Waals surface area contributed by atoms with Gasteiger partial charge in [0.1, 0.15) is 30.2 Å². The van der Waals surface area contributed by atoms with Gasteiger partial charge in [-0.05, 0) is 30.3 Å². The fourth-order valence-corrected chi connectivity index (χ4v) is 2.64. The zero-order chi connectivity index (χ0) is 19.1. The van der Waals surface area contributed by atoms with Crippen molar-refractivity contribution in [1.82, 2.24) is 4.98 Å². The molecule has 1 aromatic heterocycles. The molecule has 0 saturated heterocycles. The van der Waals surface area contributed by atoms with Crippen LogP contribution in [-0.4, -0.2) is 24.4 Å². The Bertz CT molecular complexity index is 915. The third-order valence-electron chi connectivity index (χ3n) is 4.16. The predicted molar refractivity (Wildman–Crippen MR) is 83.5 cm³/mol. The minimum absolute atomic E-state index is 0.00883. The van der Waals surface area contributed by atoms with Gasteiger partial charge in [0.15, 0.2) is 5.75 Å². The molecule has 0 aliphatic carbocycles. The lowest BCUT2D eigenvalue weighted by Gasteiger charge is -2.17. The Morgan fingerprint density at radius 3 is 2.50 bits per heavy atom. The van der Waals surface area contributed by atoms with Crippen LogP contribution in [0.4, 0.5) is 22.0 Å². The number of alkyl halides is 4. The Balaban J connectivity index is 2.28. The van der Waals surface area contributed by atoms with E-state index < -0.39 is 35.4 Å². The van der Waals surface area contributed by atoms with Crippen LogP contribution in [0.25, 0.3) is 16.8 Å². The molecule has 0 N–H and O–H groups in total. The van der Waals surface area contributed by atoms with Crippen molar-refractivity contribution < 1.29 is 26.7 Å². The van der Waals surface area contributed by atoms with Crippen LogP contribution in [-0.2, 0) is 5.41 Å². The number of nitriles is 1. The Labute approximate surface area is 145 Å². The number of fused-ring (bicyclic) bond motifs is 1. The van der Waals surface area contributed by atoms with Crippen molar-refractivity contribution in [2.24, 2.45) is 0 Å². The van der Waals surface area contributed by atoms with E-state index in [4.69, 9.17) is 4.74 Å². The highest BCUT2D eigenvalue weighted by Crippen LogP contribution is 2.46. The normalized spacial score (nSPS) is 18.8. The van der Waals surface area contributed by atoms with Crippen LogP contribution in [0.15, 0.2) is 36.9 Å². The average Bonchev–Trinajstić information content (AvgIpc) is 2.99. The van der Waals surface area contributed by atoms with E-state index in [0.29, 0.717) is 0 Å². The van der Waals surface area contributed by atoms with Crippen LogP contribution in [0, 0.1) is 17.1 Å². The van der Waals surface area contributed by atoms with Crippen molar-refractivity contribution in [2.75, 3.05) is 13.3 Å². The molecule has 134 valence electrons. The van der Waals surface area contributed by atoms with E-state index in [1.807, 2.05) is 0 Å². The van der Waals surface area contributed by atoms with Crippen LogP contribution in [0.1, 0.15) is 11.3 Å². The summed E-state index contributed by atoms with van der Waals surface area (Å²) < 4.78 is 71.3. The Morgan fingerprint density at radius 1 is 1.31 bits per heavy atom. The first-order valence-corrected chi connectivity index (χ1v) is 7.40. The smallest absolute Gasteiger partial charge is 0.417 e. The van der Waals surface area contributed by atoms with Gasteiger partial charge in [0.2, 0.25) is 0 Å². The molecule has 0 saturated carbocycles. The third kappa shape index (κ3) is 2.79. The van der Waals surface area contributed by atoms with E-state index in [2.05, 4.69) is 11.6 Å². The van der Waals surface area contributed by atoms with Gasteiger partial charge in [-0.25, -0.2) is 13.8 Å². The summed E-state index contributed by atoms with van der Waals surface area (Å²) in [5.41, 5.74) is -3.30. The highest BCUT2D eigenvalue weighted by atomic mass is 19.4. The molecule has 2 aromatic rings. The number of aromatic nitrogens is 1. The molecule has 1 atom stereocenters. The number of ether oxygens (including phenoxy) is 1. The molecule has 1 aliphatic rings. The summed E-state index contributed by atoms with van der Waals surface area (Å²) in [5, 5.41) is 9.37. The summed E-state index contributed by atoms with van der Waals surface area (Å²) >= 11 is 0. The first-order chi connectivity index (χ1) is 12.2. The first-order valence-electron chi connectivity index (χ1n) is 7.40. The molecule has 26 heavy (non-hydrogen) atoms. The minimum Gasteiger partial charge on any atom is -0.489 e. The minimum atomic E-state index is -4.76. The molecule has 1 aliphatic heterocycles. The molecule has 3 rings (SSSR count). The maximum Gasteiger partial charge on any atom is 0.417 e. The van der Waals surface area contributed by atoms with E-state index >= 15 is 0 Å². The van der Waals surface area contributed by atoms with Gasteiger partial charge in [0, 0.05) is 11.1 Å². The predicted octanol–water partition coefficient (Wildman–Crippen LogP) is 4.59. The van der Waals surface area contributed by atoms with E-state index in [0.717, 1.165) is 18.2 Å². The van der Waals surface area contributed by atoms with Gasteiger partial charge in [0.25, 0.3) is 0 Å². The number of benzene rings is 1. The molecule has 0 fully saturated rings. The molecule has 8 heteroatoms. The SMILES string of the molecule is C=C(c1cc2c(c(-c3ccc(F)cc3)n1)OCC2(C#N)CF)C(F)(F)F. The molecule has 1 aromatic carbocycles. The van der Waals surface area contributed by atoms with Crippen LogP contribution in [0.2, 0.25) is 0 Å². The summed E-state index contributed by atoms with van der Waals surface area (Å²) in [5.74, 6) is -0.535. The topological polar surface area (TPSA) is 45.9 Å². The van der Waals surface area contributed by atoms with Gasteiger partial charge in [-0.3, -0.25) is 0 Å². The Morgan fingerprint density at radius 2 is 1.96 bits per heavy atom. The molecular weight excluding hydrogens is 355 g/mol. The molecule has 3 nitrogen and oxygen atoms in total. The standard InChI is InChI=1S/C18H11F5N2O/c1-10(18(21,22)23)14-6-13-16(26-9-17(13,7-19)8-24)15(25-14)11-2-4-12(20)5-3-11/h2-6H,1,7,9H2. The van der Waals surface area contributed by atoms with Gasteiger partial charge in [0.05, 0.1) is 17.3 Å². The van der Waals surface area contributed by atoms with Crippen LogP contribution in [0.3, 0.4) is 0 Å². The van der Waals surface area contributed by atoms with Crippen molar-refractivity contribution in [3.8, 4) is 23.1 Å². The number of halogens is 5. The number of hydrogen-bond donors (Lipinski definition) is 0. The zero-order valence-electron chi connectivity index (χ0n) is 13.2. The van der Waals surface area contributed by atoms with E-state index in [9.17, 15) is 27.2 Å². The summed E-state index contributed by atoms with van der Waals surface area (Å²) in [4.78, 5) is 3.95. The number of nitrogens with zero attached hydrogens (tertiary/aromatic N) is 2. The third-order valence-corrected chi connectivity index (χ3v) is 4.16. The van der Waals surface area contributed by atoms with E-state index in [-0.39, 0.29) is 29.2 Å². The van der Waals surface area contributed by atoms with Gasteiger partial charge >= 0.3 is 6.18 Å². The number of hydrogen-bond acceptors (Lipinski definition) is 3. The van der Waals surface area contributed by atoms with Crippen molar-refractivity contribution >= 4 is 5.57 Å². The second-order valence-electron chi connectivity index (χ2n) is 5.83. The van der Waals surface area contributed by atoms with Crippen LogP contribution in [0.5, 0.6) is 5.75 Å². The van der Waals surface area contributed by atoms with Crippen LogP contribution >= 0.6 is 0 Å². The van der Waals surface area contributed by atoms with Crippen LogP contribution < -0.4 is 4.74 Å². The molecule has 1 unspecified atom stereocenters. The lowest BCUT2D eigenvalue weighted by molar-refractivity contribution is -0.0688. The lowest BCUT2D eigenvalue weighted by atomic mass is 9.84. The fraction of sp³-hybridized carbons (Fsp3) is 0.222. The Hall–Kier alpha value is -2.95. The quantitative estimate of drug-likeness (QED) is 0.747. The van der Waals surface area contributed by atoms with Gasteiger partial charge in [-0.1, -0.05) is 6.58 Å². The highest BCUT2D eigenvalue weighted by molar-refractivity contribution is 5.76. The molecule has 0 amide bonds. The van der Waals surface area contributed by atoms with Gasteiger partial charge < -0.3 is 4.74 Å². The number of pyridine rings is 1. The fourth-order valence-electron chi connectivity index (χ4n) is 2.64. The lowest BCUT2D eigenvalue weighted by Crippen LogP contribution is -2.28. The molecular formula is C18H11F5N2O. The molecule has 0 radical (unpaired) electrons. The summed E-state index contributed by atoms with van der Waals surface area (Å²) in [6.07, 6.45) is -4.76. The van der Waals surface area contributed by atoms with Crippen molar-refractivity contribution in [3.63, 3.8) is 0 Å². The molecule has 0 spiro atoms. The van der Waals surface area contributed by atoms with E-state index in [1.54, 1.807) is 6.07 Å². The number of rotatable bonds is 3. The van der Waals surface area contributed by atoms with Crippen molar-refractivity contribution in [2.45, 2.75) is 11.6 Å². The zero-order valence-corrected chi connectivity index (χ0v) is 13.2. The summed E-state index contributed by atoms with van der Waals surface area (Å²) in [7, 11) is 0. The Kier molecular flexibility index (Phi) is 4.18. The van der Waals surface area contributed by atoms with Gasteiger partial charge in [-0.2, -0.15) is 18.4 Å². The second-order valence-corrected chi connectivity index (χ2v) is 5.83. The highest BCUT2D eigenvalue weighted by Gasteiger charge is 2.45. The monoisotopic (exact) mass is 366 g/mol.